The van der Waals surface area contributed by atoms with Gasteiger partial charge in [-0.2, -0.15) is 0 Å². The molecule has 7 heteroatoms. The van der Waals surface area contributed by atoms with Crippen molar-refractivity contribution in [2.45, 2.75) is 20.4 Å². The Balaban J connectivity index is 1.33. The van der Waals surface area contributed by atoms with Crippen molar-refractivity contribution in [2.24, 2.45) is 0 Å². The molecule has 3 aromatic carbocycles. The van der Waals surface area contributed by atoms with Gasteiger partial charge in [0.1, 0.15) is 5.75 Å². The first kappa shape index (κ1) is 23.3. The van der Waals surface area contributed by atoms with Crippen LogP contribution in [0.1, 0.15) is 22.3 Å². The molecule has 6 nitrogen and oxygen atoms in total. The minimum atomic E-state index is -0.302. The topological polar surface area (TPSA) is 75.7 Å². The van der Waals surface area contributed by atoms with E-state index in [1.807, 2.05) is 62.4 Å². The lowest BCUT2D eigenvalue weighted by molar-refractivity contribution is -0.123. The van der Waals surface area contributed by atoms with Gasteiger partial charge in [-0.25, -0.2) is 0 Å². The van der Waals surface area contributed by atoms with Gasteiger partial charge in [-0.3, -0.25) is 19.3 Å². The van der Waals surface area contributed by atoms with Crippen LogP contribution in [-0.2, 0) is 16.1 Å². The van der Waals surface area contributed by atoms with Crippen LogP contribution in [0.3, 0.4) is 0 Å². The first-order valence-electron chi connectivity index (χ1n) is 10.8. The molecule has 0 spiro atoms. The third-order valence-corrected chi connectivity index (χ3v) is 6.09. The number of benzene rings is 3. The van der Waals surface area contributed by atoms with Crippen molar-refractivity contribution in [1.29, 1.82) is 0 Å². The molecule has 4 rings (SSSR count). The molecule has 0 unspecified atom stereocenters. The summed E-state index contributed by atoms with van der Waals surface area (Å²) in [6.07, 6.45) is 1.69. The molecule has 1 heterocycles. The Morgan fingerprint density at radius 2 is 1.71 bits per heavy atom. The first-order valence-corrected chi connectivity index (χ1v) is 11.6. The van der Waals surface area contributed by atoms with E-state index in [-0.39, 0.29) is 30.2 Å². The number of thioether (sulfide) groups is 1. The minimum Gasteiger partial charge on any atom is -0.484 e. The molecule has 0 atom stereocenters. The van der Waals surface area contributed by atoms with Crippen LogP contribution < -0.4 is 10.1 Å². The molecule has 0 aliphatic carbocycles. The quantitative estimate of drug-likeness (QED) is 0.456. The number of amides is 3. The molecule has 3 amide bonds. The first-order chi connectivity index (χ1) is 16.4. The average molecular weight is 473 g/mol. The zero-order valence-corrected chi connectivity index (χ0v) is 19.7. The van der Waals surface area contributed by atoms with Crippen LogP contribution in [0.4, 0.5) is 10.5 Å². The smallest absolute Gasteiger partial charge is 0.293 e. The lowest BCUT2D eigenvalue weighted by Crippen LogP contribution is -2.27. The fraction of sp³-hybridized carbons (Fsp3) is 0.148. The third kappa shape index (κ3) is 5.94. The molecule has 1 N–H and O–H groups in total. The predicted molar refractivity (Wildman–Crippen MR) is 134 cm³/mol. The molecular formula is C27H24N2O4S. The second kappa shape index (κ2) is 10.4. The lowest BCUT2D eigenvalue weighted by atomic mass is 10.1. The summed E-state index contributed by atoms with van der Waals surface area (Å²) in [4.78, 5) is 38.9. The Hall–Kier alpha value is -3.84. The maximum Gasteiger partial charge on any atom is 0.293 e. The van der Waals surface area contributed by atoms with E-state index in [9.17, 15) is 14.4 Å². The molecule has 34 heavy (non-hydrogen) atoms. The van der Waals surface area contributed by atoms with Crippen LogP contribution in [0.25, 0.3) is 6.08 Å². The van der Waals surface area contributed by atoms with Gasteiger partial charge in [-0.1, -0.05) is 54.1 Å². The number of aryl methyl sites for hydroxylation is 2. The van der Waals surface area contributed by atoms with Crippen LogP contribution in [0.5, 0.6) is 5.75 Å². The third-order valence-electron chi connectivity index (χ3n) is 5.18. The number of rotatable bonds is 7. The zero-order chi connectivity index (χ0) is 24.1. The highest BCUT2D eigenvalue weighted by Crippen LogP contribution is 2.33. The van der Waals surface area contributed by atoms with E-state index in [1.54, 1.807) is 30.3 Å². The van der Waals surface area contributed by atoms with Crippen molar-refractivity contribution >= 4 is 40.6 Å². The van der Waals surface area contributed by atoms with Gasteiger partial charge < -0.3 is 10.1 Å². The summed E-state index contributed by atoms with van der Waals surface area (Å²) in [6, 6.07) is 22.3. The standard InChI is InChI=1S/C27H24N2O4S/c1-18-6-8-21(9-7-18)16-29-26(31)24(34-27(29)32)15-20-10-12-23(13-11-20)33-17-25(30)28-22-5-3-4-19(2)14-22/h3-15H,16-17H2,1-2H3,(H,28,30)/b24-15-. The molecule has 1 aliphatic rings. The number of nitrogens with zero attached hydrogens (tertiary/aromatic N) is 1. The number of hydrogen-bond donors (Lipinski definition) is 1. The Bertz CT molecular complexity index is 1250. The summed E-state index contributed by atoms with van der Waals surface area (Å²) in [5, 5.41) is 2.51. The molecule has 1 aliphatic heterocycles. The van der Waals surface area contributed by atoms with Gasteiger partial charge >= 0.3 is 0 Å². The van der Waals surface area contributed by atoms with Crippen LogP contribution in [0, 0.1) is 13.8 Å². The molecular weight excluding hydrogens is 448 g/mol. The monoisotopic (exact) mass is 472 g/mol. The van der Waals surface area contributed by atoms with Gasteiger partial charge in [0.05, 0.1) is 11.4 Å². The minimum absolute atomic E-state index is 0.120. The Morgan fingerprint density at radius 1 is 0.971 bits per heavy atom. The van der Waals surface area contributed by atoms with Crippen LogP contribution in [-0.4, -0.2) is 28.6 Å². The highest BCUT2D eigenvalue weighted by atomic mass is 32.2. The Morgan fingerprint density at radius 3 is 2.41 bits per heavy atom. The summed E-state index contributed by atoms with van der Waals surface area (Å²) < 4.78 is 5.56. The maximum absolute atomic E-state index is 12.8. The van der Waals surface area contributed by atoms with Crippen LogP contribution in [0.15, 0.2) is 77.7 Å². The molecule has 0 bridgehead atoms. The van der Waals surface area contributed by atoms with E-state index in [1.165, 1.54) is 4.90 Å². The second-order valence-corrected chi connectivity index (χ2v) is 9.02. The van der Waals surface area contributed by atoms with Crippen molar-refractivity contribution in [1.82, 2.24) is 4.90 Å². The van der Waals surface area contributed by atoms with E-state index in [2.05, 4.69) is 5.32 Å². The van der Waals surface area contributed by atoms with Crippen molar-refractivity contribution in [2.75, 3.05) is 11.9 Å². The summed E-state index contributed by atoms with van der Waals surface area (Å²) in [5.74, 6) is -0.0235. The van der Waals surface area contributed by atoms with Gasteiger partial charge in [-0.05, 0) is 72.6 Å². The number of imide groups is 1. The zero-order valence-electron chi connectivity index (χ0n) is 18.9. The molecule has 0 saturated carbocycles. The second-order valence-electron chi connectivity index (χ2n) is 8.03. The van der Waals surface area contributed by atoms with Gasteiger partial charge in [0, 0.05) is 5.69 Å². The van der Waals surface area contributed by atoms with E-state index < -0.39 is 0 Å². The largest absolute Gasteiger partial charge is 0.484 e. The van der Waals surface area contributed by atoms with Crippen molar-refractivity contribution in [3.63, 3.8) is 0 Å². The molecule has 1 fully saturated rings. The molecule has 0 aromatic heterocycles. The van der Waals surface area contributed by atoms with E-state index in [4.69, 9.17) is 4.74 Å². The SMILES string of the molecule is Cc1ccc(CN2C(=O)S/C(=C\c3ccc(OCC(=O)Nc4cccc(C)c4)cc3)C2=O)cc1. The van der Waals surface area contributed by atoms with Crippen molar-refractivity contribution in [3.8, 4) is 5.75 Å². The van der Waals surface area contributed by atoms with Crippen LogP contribution in [0.2, 0.25) is 0 Å². The Labute approximate surface area is 202 Å². The summed E-state index contributed by atoms with van der Waals surface area (Å²) in [7, 11) is 0. The Kier molecular flexibility index (Phi) is 7.13. The van der Waals surface area contributed by atoms with Gasteiger partial charge in [-0.15, -0.1) is 0 Å². The highest BCUT2D eigenvalue weighted by molar-refractivity contribution is 8.18. The molecule has 3 aromatic rings. The molecule has 0 radical (unpaired) electrons. The predicted octanol–water partition coefficient (Wildman–Crippen LogP) is 5.56. The number of ether oxygens (including phenoxy) is 1. The van der Waals surface area contributed by atoms with E-state index >= 15 is 0 Å². The number of carbonyl (C=O) groups excluding carboxylic acids is 3. The number of hydrogen-bond acceptors (Lipinski definition) is 5. The fourth-order valence-corrected chi connectivity index (χ4v) is 4.23. The number of carbonyl (C=O) groups is 3. The summed E-state index contributed by atoms with van der Waals surface area (Å²) in [5.41, 5.74) is 4.57. The number of nitrogens with one attached hydrogen (secondary N) is 1. The number of anilines is 1. The van der Waals surface area contributed by atoms with Crippen molar-refractivity contribution < 1.29 is 19.1 Å². The molecule has 1 saturated heterocycles. The van der Waals surface area contributed by atoms with Gasteiger partial charge in [0.2, 0.25) is 0 Å². The fourth-order valence-electron chi connectivity index (χ4n) is 3.39. The van der Waals surface area contributed by atoms with E-state index in [0.717, 1.165) is 39.7 Å². The molecule has 172 valence electrons. The van der Waals surface area contributed by atoms with Crippen molar-refractivity contribution in [3.05, 3.63) is 100.0 Å². The normalized spacial score (nSPS) is 14.5. The lowest BCUT2D eigenvalue weighted by Gasteiger charge is -2.12. The van der Waals surface area contributed by atoms with Gasteiger partial charge in [0.25, 0.3) is 17.1 Å². The van der Waals surface area contributed by atoms with Gasteiger partial charge in [0.15, 0.2) is 6.61 Å². The average Bonchev–Trinajstić information content (AvgIpc) is 3.07. The highest BCUT2D eigenvalue weighted by Gasteiger charge is 2.34. The summed E-state index contributed by atoms with van der Waals surface area (Å²) in [6.45, 7) is 4.08. The maximum atomic E-state index is 12.8. The van der Waals surface area contributed by atoms with E-state index in [0.29, 0.717) is 10.7 Å². The van der Waals surface area contributed by atoms with Crippen LogP contribution >= 0.6 is 11.8 Å². The summed E-state index contributed by atoms with van der Waals surface area (Å²) >= 11 is 0.934.